The third kappa shape index (κ3) is 3.19. The number of rotatable bonds is 3. The van der Waals surface area contributed by atoms with Gasteiger partial charge in [-0.15, -0.1) is 0 Å². The van der Waals surface area contributed by atoms with Crippen molar-refractivity contribution in [2.45, 2.75) is 12.7 Å². The second-order valence-electron chi connectivity index (χ2n) is 4.89. The Bertz CT molecular complexity index is 931. The standard InChI is InChI=1S/C15H9F4N3O2/c16-11-4-2-1-3-10(11)8-22-6-5-9(7-12(22)23)13-20-14(24-21-13)15(17,18)19/h1-7H,8H2. The summed E-state index contributed by atoms with van der Waals surface area (Å²) >= 11 is 0. The van der Waals surface area contributed by atoms with Crippen LogP contribution in [0.1, 0.15) is 11.5 Å². The molecule has 2 aromatic heterocycles. The van der Waals surface area contributed by atoms with E-state index in [1.807, 2.05) is 0 Å². The van der Waals surface area contributed by atoms with Crippen LogP contribution in [-0.4, -0.2) is 14.7 Å². The van der Waals surface area contributed by atoms with Crippen molar-refractivity contribution >= 4 is 0 Å². The average Bonchev–Trinajstić information content (AvgIpc) is 3.01. The second-order valence-corrected chi connectivity index (χ2v) is 4.89. The van der Waals surface area contributed by atoms with Crippen LogP contribution in [0.4, 0.5) is 17.6 Å². The molecule has 3 rings (SSSR count). The van der Waals surface area contributed by atoms with Crippen molar-refractivity contribution in [2.24, 2.45) is 0 Å². The van der Waals surface area contributed by atoms with Crippen LogP contribution in [0, 0.1) is 5.82 Å². The number of nitrogens with zero attached hydrogens (tertiary/aromatic N) is 3. The summed E-state index contributed by atoms with van der Waals surface area (Å²) < 4.78 is 56.3. The van der Waals surface area contributed by atoms with E-state index in [0.29, 0.717) is 5.56 Å². The summed E-state index contributed by atoms with van der Waals surface area (Å²) in [6.45, 7) is -0.00810. The van der Waals surface area contributed by atoms with Crippen LogP contribution in [0.5, 0.6) is 0 Å². The quantitative estimate of drug-likeness (QED) is 0.688. The average molecular weight is 339 g/mol. The summed E-state index contributed by atoms with van der Waals surface area (Å²) in [6.07, 6.45) is -3.43. The zero-order chi connectivity index (χ0) is 17.3. The maximum atomic E-state index is 13.6. The summed E-state index contributed by atoms with van der Waals surface area (Å²) in [5.74, 6) is -2.30. The highest BCUT2D eigenvalue weighted by atomic mass is 19.4. The molecule has 24 heavy (non-hydrogen) atoms. The number of hydrogen-bond acceptors (Lipinski definition) is 4. The number of aromatic nitrogens is 3. The van der Waals surface area contributed by atoms with Crippen molar-refractivity contribution < 1.29 is 22.1 Å². The lowest BCUT2D eigenvalue weighted by atomic mass is 10.2. The molecule has 124 valence electrons. The Balaban J connectivity index is 1.89. The first-order valence-electron chi connectivity index (χ1n) is 6.70. The molecule has 0 saturated carbocycles. The summed E-state index contributed by atoms with van der Waals surface area (Å²) in [5.41, 5.74) is -0.149. The summed E-state index contributed by atoms with van der Waals surface area (Å²) in [7, 11) is 0. The van der Waals surface area contributed by atoms with Crippen LogP contribution in [0.3, 0.4) is 0 Å². The Morgan fingerprint density at radius 1 is 1.17 bits per heavy atom. The van der Waals surface area contributed by atoms with Gasteiger partial charge in [0.25, 0.3) is 5.56 Å². The minimum absolute atomic E-state index is 0.00810. The molecule has 5 nitrogen and oxygen atoms in total. The molecule has 0 bridgehead atoms. The number of alkyl halides is 3. The molecule has 0 aliphatic heterocycles. The topological polar surface area (TPSA) is 60.9 Å². The van der Waals surface area contributed by atoms with Gasteiger partial charge >= 0.3 is 12.1 Å². The van der Waals surface area contributed by atoms with Crippen molar-refractivity contribution in [3.63, 3.8) is 0 Å². The fourth-order valence-corrected chi connectivity index (χ4v) is 2.04. The molecule has 0 unspecified atom stereocenters. The summed E-state index contributed by atoms with van der Waals surface area (Å²) in [6, 6.07) is 8.38. The Kier molecular flexibility index (Phi) is 3.92. The van der Waals surface area contributed by atoms with E-state index in [9.17, 15) is 22.4 Å². The molecule has 0 aliphatic rings. The molecular formula is C15H9F4N3O2. The maximum absolute atomic E-state index is 13.6. The Morgan fingerprint density at radius 3 is 2.54 bits per heavy atom. The predicted molar refractivity (Wildman–Crippen MR) is 74.5 cm³/mol. The van der Waals surface area contributed by atoms with E-state index in [0.717, 1.165) is 6.07 Å². The molecule has 0 radical (unpaired) electrons. The molecule has 9 heteroatoms. The van der Waals surface area contributed by atoms with Gasteiger partial charge in [-0.05, 0) is 12.1 Å². The number of benzene rings is 1. The predicted octanol–water partition coefficient (Wildman–Crippen LogP) is 3.10. The molecule has 0 aliphatic carbocycles. The van der Waals surface area contributed by atoms with Crippen LogP contribution in [0.25, 0.3) is 11.4 Å². The highest BCUT2D eigenvalue weighted by molar-refractivity contribution is 5.52. The summed E-state index contributed by atoms with van der Waals surface area (Å²) in [5, 5.41) is 3.21. The molecule has 3 aromatic rings. The van der Waals surface area contributed by atoms with Gasteiger partial charge < -0.3 is 9.09 Å². The van der Waals surface area contributed by atoms with Gasteiger partial charge in [0.2, 0.25) is 5.82 Å². The van der Waals surface area contributed by atoms with Crippen molar-refractivity contribution in [2.75, 3.05) is 0 Å². The van der Waals surface area contributed by atoms with Crippen LogP contribution in [-0.2, 0) is 12.7 Å². The first kappa shape index (κ1) is 15.9. The Labute approximate surface area is 132 Å². The molecule has 0 atom stereocenters. The maximum Gasteiger partial charge on any atom is 0.471 e. The third-order valence-corrected chi connectivity index (χ3v) is 3.22. The van der Waals surface area contributed by atoms with Crippen molar-refractivity contribution in [1.29, 1.82) is 0 Å². The van der Waals surface area contributed by atoms with Gasteiger partial charge in [-0.25, -0.2) is 4.39 Å². The second kappa shape index (κ2) is 5.91. The molecule has 2 heterocycles. The van der Waals surface area contributed by atoms with Crippen molar-refractivity contribution in [3.8, 4) is 11.4 Å². The Hall–Kier alpha value is -2.97. The van der Waals surface area contributed by atoms with E-state index in [2.05, 4.69) is 14.7 Å². The molecular weight excluding hydrogens is 330 g/mol. The molecule has 0 saturated heterocycles. The van der Waals surface area contributed by atoms with E-state index in [1.54, 1.807) is 6.07 Å². The fraction of sp³-hybridized carbons (Fsp3) is 0.133. The Morgan fingerprint density at radius 2 is 1.92 bits per heavy atom. The largest absolute Gasteiger partial charge is 0.471 e. The van der Waals surface area contributed by atoms with Gasteiger partial charge in [0.1, 0.15) is 5.82 Å². The highest BCUT2D eigenvalue weighted by Crippen LogP contribution is 2.29. The number of hydrogen-bond donors (Lipinski definition) is 0. The smallest absolute Gasteiger partial charge is 0.329 e. The lowest BCUT2D eigenvalue weighted by Crippen LogP contribution is -2.19. The van der Waals surface area contributed by atoms with Crippen molar-refractivity contribution in [3.05, 3.63) is 70.2 Å². The zero-order valence-corrected chi connectivity index (χ0v) is 11.9. The lowest BCUT2D eigenvalue weighted by molar-refractivity contribution is -0.159. The van der Waals surface area contributed by atoms with E-state index in [1.165, 1.54) is 35.0 Å². The minimum atomic E-state index is -4.76. The van der Waals surface area contributed by atoms with Crippen LogP contribution < -0.4 is 5.56 Å². The third-order valence-electron chi connectivity index (χ3n) is 3.22. The van der Waals surface area contributed by atoms with Gasteiger partial charge in [0.15, 0.2) is 0 Å². The van der Waals surface area contributed by atoms with Crippen LogP contribution in [0.15, 0.2) is 51.9 Å². The van der Waals surface area contributed by atoms with Crippen LogP contribution in [0.2, 0.25) is 0 Å². The molecule has 0 fully saturated rings. The number of halogens is 4. The van der Waals surface area contributed by atoms with Gasteiger partial charge in [-0.3, -0.25) is 4.79 Å². The number of pyridine rings is 1. The van der Waals surface area contributed by atoms with E-state index < -0.39 is 23.4 Å². The van der Waals surface area contributed by atoms with E-state index in [4.69, 9.17) is 0 Å². The zero-order valence-electron chi connectivity index (χ0n) is 11.9. The van der Waals surface area contributed by atoms with Crippen LogP contribution >= 0.6 is 0 Å². The van der Waals surface area contributed by atoms with E-state index >= 15 is 0 Å². The van der Waals surface area contributed by atoms with Crippen molar-refractivity contribution in [1.82, 2.24) is 14.7 Å². The first-order chi connectivity index (χ1) is 11.3. The monoisotopic (exact) mass is 339 g/mol. The summed E-state index contributed by atoms with van der Waals surface area (Å²) in [4.78, 5) is 15.3. The molecule has 0 N–H and O–H groups in total. The SMILES string of the molecule is O=c1cc(-c2noc(C(F)(F)F)n2)ccn1Cc1ccccc1F. The van der Waals surface area contributed by atoms with Gasteiger partial charge in [-0.2, -0.15) is 18.2 Å². The molecule has 0 amide bonds. The van der Waals surface area contributed by atoms with Gasteiger partial charge in [0, 0.05) is 23.4 Å². The minimum Gasteiger partial charge on any atom is -0.329 e. The van der Waals surface area contributed by atoms with Gasteiger partial charge in [-0.1, -0.05) is 23.4 Å². The highest BCUT2D eigenvalue weighted by Gasteiger charge is 2.38. The normalized spacial score (nSPS) is 11.7. The molecule has 1 aromatic carbocycles. The molecule has 0 spiro atoms. The first-order valence-corrected chi connectivity index (χ1v) is 6.70. The fourth-order valence-electron chi connectivity index (χ4n) is 2.04. The van der Waals surface area contributed by atoms with Gasteiger partial charge in [0.05, 0.1) is 6.54 Å². The lowest BCUT2D eigenvalue weighted by Gasteiger charge is -2.07. The van der Waals surface area contributed by atoms with E-state index in [-0.39, 0.29) is 17.9 Å².